The van der Waals surface area contributed by atoms with Gasteiger partial charge in [0.15, 0.2) is 0 Å². The molecule has 4 heteroatoms. The number of fused-ring (bicyclic) bond motifs is 1. The van der Waals surface area contributed by atoms with Crippen molar-refractivity contribution in [3.05, 3.63) is 11.6 Å². The van der Waals surface area contributed by atoms with Crippen molar-refractivity contribution >= 4 is 11.9 Å². The van der Waals surface area contributed by atoms with Gasteiger partial charge in [0.2, 0.25) is 5.91 Å². The summed E-state index contributed by atoms with van der Waals surface area (Å²) in [4.78, 5) is 26.1. The first kappa shape index (κ1) is 14.1. The number of hydrogen-bond acceptors (Lipinski definition) is 3. The van der Waals surface area contributed by atoms with E-state index in [0.29, 0.717) is 5.92 Å². The lowest BCUT2D eigenvalue weighted by molar-refractivity contribution is -0.150. The molecule has 0 radical (unpaired) electrons. The highest BCUT2D eigenvalue weighted by Gasteiger charge is 2.47. The summed E-state index contributed by atoms with van der Waals surface area (Å²) in [6.45, 7) is 3.80. The van der Waals surface area contributed by atoms with Crippen LogP contribution in [0.15, 0.2) is 11.6 Å². The van der Waals surface area contributed by atoms with Gasteiger partial charge in [0.1, 0.15) is 6.04 Å². The highest BCUT2D eigenvalue weighted by molar-refractivity contribution is 5.92. The van der Waals surface area contributed by atoms with Crippen LogP contribution >= 0.6 is 0 Å². The Morgan fingerprint density at radius 3 is 2.53 bits per heavy atom. The van der Waals surface area contributed by atoms with E-state index in [4.69, 9.17) is 4.74 Å². The van der Waals surface area contributed by atoms with Crippen molar-refractivity contribution in [2.75, 3.05) is 7.11 Å². The molecule has 2 aliphatic rings. The van der Waals surface area contributed by atoms with E-state index in [1.54, 1.807) is 11.0 Å². The molecule has 2 rings (SSSR count). The van der Waals surface area contributed by atoms with E-state index < -0.39 is 0 Å². The van der Waals surface area contributed by atoms with Crippen LogP contribution in [0, 0.1) is 5.92 Å². The number of likely N-dealkylation sites (tertiary alicyclic amines) is 1. The molecule has 0 N–H and O–H groups in total. The van der Waals surface area contributed by atoms with Gasteiger partial charge in [0.05, 0.1) is 7.11 Å². The van der Waals surface area contributed by atoms with Crippen LogP contribution in [0.4, 0.5) is 0 Å². The normalized spacial score (nSPS) is 29.6. The maximum absolute atomic E-state index is 12.4. The number of methoxy groups -OCH3 is 1. The van der Waals surface area contributed by atoms with Gasteiger partial charge < -0.3 is 9.64 Å². The molecule has 0 bridgehead atoms. The Morgan fingerprint density at radius 1 is 1.21 bits per heavy atom. The number of rotatable bonds is 2. The highest BCUT2D eigenvalue weighted by atomic mass is 16.5. The van der Waals surface area contributed by atoms with Crippen molar-refractivity contribution < 1.29 is 14.3 Å². The molecular formula is C15H23NO3. The lowest BCUT2D eigenvalue weighted by Crippen LogP contribution is -2.46. The Morgan fingerprint density at radius 2 is 1.89 bits per heavy atom. The van der Waals surface area contributed by atoms with Gasteiger partial charge in [-0.05, 0) is 39.0 Å². The summed E-state index contributed by atoms with van der Waals surface area (Å²) in [6, 6.07) is -0.165. The lowest BCUT2D eigenvalue weighted by atomic mass is 9.85. The zero-order valence-electron chi connectivity index (χ0n) is 12.0. The molecule has 0 spiro atoms. The number of nitrogens with zero attached hydrogens (tertiary/aromatic N) is 1. The Balaban J connectivity index is 2.25. The zero-order valence-corrected chi connectivity index (χ0v) is 12.0. The molecule has 1 saturated heterocycles. The molecule has 1 aliphatic heterocycles. The molecule has 1 amide bonds. The molecule has 1 saturated carbocycles. The summed E-state index contributed by atoms with van der Waals surface area (Å²) in [5.41, 5.74) is 0.966. The second kappa shape index (κ2) is 5.76. The van der Waals surface area contributed by atoms with Crippen LogP contribution in [-0.4, -0.2) is 36.0 Å². The van der Waals surface area contributed by atoms with Crippen molar-refractivity contribution in [2.45, 2.75) is 58.0 Å². The quantitative estimate of drug-likeness (QED) is 0.568. The SMILES string of the molecule is COC(=O)[C@@H]1C[C@H]2CCCC[C@H]2N1C(=O)C=C(C)C. The summed E-state index contributed by atoms with van der Waals surface area (Å²) in [5, 5.41) is 0. The predicted molar refractivity (Wildman–Crippen MR) is 72.4 cm³/mol. The van der Waals surface area contributed by atoms with Crippen LogP contribution in [0.1, 0.15) is 46.0 Å². The fourth-order valence-electron chi connectivity index (χ4n) is 3.45. The van der Waals surface area contributed by atoms with E-state index in [1.165, 1.54) is 13.5 Å². The molecule has 106 valence electrons. The number of hydrogen-bond donors (Lipinski definition) is 0. The Bertz CT molecular complexity index is 398. The fraction of sp³-hybridized carbons (Fsp3) is 0.733. The van der Waals surface area contributed by atoms with Crippen molar-refractivity contribution in [3.63, 3.8) is 0 Å². The first-order chi connectivity index (χ1) is 9.04. The second-order valence-electron chi connectivity index (χ2n) is 5.85. The third-order valence-electron chi connectivity index (χ3n) is 4.23. The lowest BCUT2D eigenvalue weighted by Gasteiger charge is -2.32. The smallest absolute Gasteiger partial charge is 0.328 e. The molecular weight excluding hydrogens is 242 g/mol. The van der Waals surface area contributed by atoms with Gasteiger partial charge in [-0.25, -0.2) is 4.79 Å². The van der Waals surface area contributed by atoms with Gasteiger partial charge in [-0.1, -0.05) is 18.4 Å². The van der Waals surface area contributed by atoms with E-state index in [2.05, 4.69) is 0 Å². The van der Waals surface area contributed by atoms with Crippen molar-refractivity contribution in [1.82, 2.24) is 4.90 Å². The van der Waals surface area contributed by atoms with E-state index in [1.807, 2.05) is 13.8 Å². The average molecular weight is 265 g/mol. The maximum Gasteiger partial charge on any atom is 0.328 e. The summed E-state index contributed by atoms with van der Waals surface area (Å²) in [7, 11) is 1.40. The number of carbonyl (C=O) groups is 2. The number of amides is 1. The minimum Gasteiger partial charge on any atom is -0.467 e. The van der Waals surface area contributed by atoms with Gasteiger partial charge in [0, 0.05) is 12.1 Å². The molecule has 3 atom stereocenters. The van der Waals surface area contributed by atoms with Gasteiger partial charge in [-0.3, -0.25) is 4.79 Å². The number of ether oxygens (including phenoxy) is 1. The fourth-order valence-corrected chi connectivity index (χ4v) is 3.45. The predicted octanol–water partition coefficient (Wildman–Crippen LogP) is 2.29. The molecule has 0 aromatic heterocycles. The molecule has 0 aromatic rings. The van der Waals surface area contributed by atoms with Crippen molar-refractivity contribution in [1.29, 1.82) is 0 Å². The summed E-state index contributed by atoms with van der Waals surface area (Å²) in [6.07, 6.45) is 6.89. The summed E-state index contributed by atoms with van der Waals surface area (Å²) >= 11 is 0. The van der Waals surface area contributed by atoms with Crippen LogP contribution in [0.5, 0.6) is 0 Å². The largest absolute Gasteiger partial charge is 0.467 e. The van der Waals surface area contributed by atoms with E-state index in [-0.39, 0.29) is 24.0 Å². The van der Waals surface area contributed by atoms with Gasteiger partial charge in [0.25, 0.3) is 0 Å². The van der Waals surface area contributed by atoms with Crippen molar-refractivity contribution in [3.8, 4) is 0 Å². The highest BCUT2D eigenvalue weighted by Crippen LogP contribution is 2.40. The molecule has 0 unspecified atom stereocenters. The topological polar surface area (TPSA) is 46.6 Å². The van der Waals surface area contributed by atoms with Crippen molar-refractivity contribution in [2.24, 2.45) is 5.92 Å². The number of carbonyl (C=O) groups excluding carboxylic acids is 2. The number of esters is 1. The van der Waals surface area contributed by atoms with Gasteiger partial charge in [-0.2, -0.15) is 0 Å². The van der Waals surface area contributed by atoms with Gasteiger partial charge in [-0.15, -0.1) is 0 Å². The van der Waals surface area contributed by atoms with Crippen LogP contribution in [0.25, 0.3) is 0 Å². The molecule has 0 aromatic carbocycles. The van der Waals surface area contributed by atoms with Crippen LogP contribution in [-0.2, 0) is 14.3 Å². The minimum absolute atomic E-state index is 0.0372. The minimum atomic E-state index is -0.388. The Kier molecular flexibility index (Phi) is 4.27. The van der Waals surface area contributed by atoms with Crippen LogP contribution in [0.3, 0.4) is 0 Å². The molecule has 1 aliphatic carbocycles. The second-order valence-corrected chi connectivity index (χ2v) is 5.85. The van der Waals surface area contributed by atoms with Gasteiger partial charge >= 0.3 is 5.97 Å². The summed E-state index contributed by atoms with van der Waals surface area (Å²) < 4.78 is 4.87. The molecule has 1 heterocycles. The zero-order chi connectivity index (χ0) is 14.0. The third-order valence-corrected chi connectivity index (χ3v) is 4.23. The van der Waals surface area contributed by atoms with E-state index >= 15 is 0 Å². The third kappa shape index (κ3) is 2.82. The molecule has 2 fully saturated rings. The van der Waals surface area contributed by atoms with E-state index in [9.17, 15) is 9.59 Å². The van der Waals surface area contributed by atoms with Crippen LogP contribution < -0.4 is 0 Å². The molecule has 4 nitrogen and oxygen atoms in total. The first-order valence-corrected chi connectivity index (χ1v) is 7.09. The summed E-state index contributed by atoms with van der Waals surface area (Å²) in [5.74, 6) is 0.155. The van der Waals surface area contributed by atoms with E-state index in [0.717, 1.165) is 31.3 Å². The maximum atomic E-state index is 12.4. The first-order valence-electron chi connectivity index (χ1n) is 7.09. The van der Waals surface area contributed by atoms with Crippen LogP contribution in [0.2, 0.25) is 0 Å². The Labute approximate surface area is 114 Å². The Hall–Kier alpha value is -1.32. The average Bonchev–Trinajstić information content (AvgIpc) is 2.76. The monoisotopic (exact) mass is 265 g/mol. The molecule has 19 heavy (non-hydrogen) atoms. The standard InChI is InChI=1S/C15H23NO3/c1-10(2)8-14(17)16-12-7-5-4-6-11(12)9-13(16)15(18)19-3/h8,11-13H,4-7,9H2,1-3H3/t11-,12-,13+/m1/s1. The number of allylic oxidation sites excluding steroid dienone is 1.